The number of anilines is 1. The summed E-state index contributed by atoms with van der Waals surface area (Å²) < 4.78 is 1.09. The Morgan fingerprint density at radius 2 is 1.89 bits per heavy atom. The Labute approximate surface area is 116 Å². The van der Waals surface area contributed by atoms with E-state index in [4.69, 9.17) is 0 Å². The minimum atomic E-state index is 0.878. The molecule has 0 unspecified atom stereocenters. The topological polar surface area (TPSA) is 37.0 Å². The molecule has 0 saturated heterocycles. The first kappa shape index (κ1) is 13.1. The van der Waals surface area contributed by atoms with Gasteiger partial charge in [0.1, 0.15) is 0 Å². The van der Waals surface area contributed by atoms with Crippen LogP contribution in [0.4, 0.5) is 5.69 Å². The molecule has 94 valence electrons. The number of nitrogens with one attached hydrogen (secondary N) is 2. The summed E-state index contributed by atoms with van der Waals surface area (Å²) in [5, 5.41) is 6.75. The normalized spacial score (nSPS) is 10.3. The first-order valence-corrected chi connectivity index (χ1v) is 6.73. The number of hydrogen-bond donors (Lipinski definition) is 2. The second-order valence-corrected chi connectivity index (χ2v) is 4.89. The van der Waals surface area contributed by atoms with Crippen molar-refractivity contribution in [3.8, 4) is 0 Å². The minimum Gasteiger partial charge on any atom is -0.384 e. The lowest BCUT2D eigenvalue weighted by Gasteiger charge is -2.08. The third-order valence-corrected chi connectivity index (χ3v) is 3.03. The van der Waals surface area contributed by atoms with Gasteiger partial charge < -0.3 is 10.6 Å². The van der Waals surface area contributed by atoms with Crippen LogP contribution in [0.25, 0.3) is 0 Å². The summed E-state index contributed by atoms with van der Waals surface area (Å²) in [5.41, 5.74) is 2.39. The van der Waals surface area contributed by atoms with Crippen LogP contribution in [0.2, 0.25) is 0 Å². The van der Waals surface area contributed by atoms with Gasteiger partial charge in [0.2, 0.25) is 0 Å². The van der Waals surface area contributed by atoms with Gasteiger partial charge in [-0.2, -0.15) is 0 Å². The highest BCUT2D eigenvalue weighted by Gasteiger charge is 1.93. The van der Waals surface area contributed by atoms with Gasteiger partial charge in [-0.1, -0.05) is 22.0 Å². The number of pyridine rings is 1. The highest BCUT2D eigenvalue weighted by Crippen LogP contribution is 2.14. The zero-order chi connectivity index (χ0) is 12.6. The van der Waals surface area contributed by atoms with E-state index in [-0.39, 0.29) is 0 Å². The molecule has 0 saturated carbocycles. The molecule has 4 heteroatoms. The molecule has 0 bridgehead atoms. The molecule has 0 spiro atoms. The van der Waals surface area contributed by atoms with E-state index in [2.05, 4.69) is 43.7 Å². The standard InChI is InChI=1S/C14H16BrN3/c15-13-2-1-3-14(10-13)18-9-8-17-11-12-4-6-16-7-5-12/h1-7,10,17-18H,8-9,11H2. The SMILES string of the molecule is Brc1cccc(NCCNCc2ccncc2)c1. The molecular weight excluding hydrogens is 290 g/mol. The van der Waals surface area contributed by atoms with E-state index >= 15 is 0 Å². The third-order valence-electron chi connectivity index (χ3n) is 2.53. The van der Waals surface area contributed by atoms with Crippen LogP contribution < -0.4 is 10.6 Å². The molecule has 1 aromatic heterocycles. The van der Waals surface area contributed by atoms with Crippen molar-refractivity contribution in [1.29, 1.82) is 0 Å². The molecule has 2 rings (SSSR count). The number of rotatable bonds is 6. The molecule has 1 heterocycles. The molecule has 0 atom stereocenters. The van der Waals surface area contributed by atoms with Crippen molar-refractivity contribution in [3.63, 3.8) is 0 Å². The molecular formula is C14H16BrN3. The van der Waals surface area contributed by atoms with E-state index in [1.54, 1.807) is 0 Å². The summed E-state index contributed by atoms with van der Waals surface area (Å²) in [5.74, 6) is 0. The van der Waals surface area contributed by atoms with E-state index in [0.717, 1.165) is 29.8 Å². The van der Waals surface area contributed by atoms with Crippen LogP contribution in [0.1, 0.15) is 5.56 Å². The van der Waals surface area contributed by atoms with Crippen molar-refractivity contribution in [2.24, 2.45) is 0 Å². The Balaban J connectivity index is 1.65. The monoisotopic (exact) mass is 305 g/mol. The van der Waals surface area contributed by atoms with E-state index in [0.29, 0.717) is 0 Å². The summed E-state index contributed by atoms with van der Waals surface area (Å²) in [4.78, 5) is 3.99. The van der Waals surface area contributed by atoms with Gasteiger partial charge in [-0.25, -0.2) is 0 Å². The fourth-order valence-corrected chi connectivity index (χ4v) is 2.03. The number of benzene rings is 1. The van der Waals surface area contributed by atoms with Crippen molar-refractivity contribution in [2.75, 3.05) is 18.4 Å². The molecule has 2 N–H and O–H groups in total. The van der Waals surface area contributed by atoms with E-state index in [9.17, 15) is 0 Å². The highest BCUT2D eigenvalue weighted by molar-refractivity contribution is 9.10. The Hall–Kier alpha value is -1.39. The predicted octanol–water partition coefficient (Wildman–Crippen LogP) is 3.05. The van der Waals surface area contributed by atoms with Gasteiger partial charge >= 0.3 is 0 Å². The van der Waals surface area contributed by atoms with Crippen molar-refractivity contribution < 1.29 is 0 Å². The second-order valence-electron chi connectivity index (χ2n) is 3.97. The van der Waals surface area contributed by atoms with Crippen molar-refractivity contribution in [1.82, 2.24) is 10.3 Å². The fraction of sp³-hybridized carbons (Fsp3) is 0.214. The summed E-state index contributed by atoms with van der Waals surface area (Å²) in [6, 6.07) is 12.2. The van der Waals surface area contributed by atoms with Crippen LogP contribution in [-0.4, -0.2) is 18.1 Å². The van der Waals surface area contributed by atoms with Gasteiger partial charge in [0.15, 0.2) is 0 Å². The van der Waals surface area contributed by atoms with Gasteiger partial charge in [0, 0.05) is 42.2 Å². The number of hydrogen-bond acceptors (Lipinski definition) is 3. The van der Waals surface area contributed by atoms with Gasteiger partial charge in [-0.15, -0.1) is 0 Å². The largest absolute Gasteiger partial charge is 0.384 e. The predicted molar refractivity (Wildman–Crippen MR) is 78.6 cm³/mol. The zero-order valence-electron chi connectivity index (χ0n) is 10.1. The smallest absolute Gasteiger partial charge is 0.0351 e. The summed E-state index contributed by atoms with van der Waals surface area (Å²) in [6.07, 6.45) is 3.63. The summed E-state index contributed by atoms with van der Waals surface area (Å²) >= 11 is 3.45. The van der Waals surface area contributed by atoms with Gasteiger partial charge in [0.25, 0.3) is 0 Å². The lowest BCUT2D eigenvalue weighted by atomic mass is 10.3. The molecule has 0 aliphatic heterocycles. The maximum Gasteiger partial charge on any atom is 0.0351 e. The number of aromatic nitrogens is 1. The fourth-order valence-electron chi connectivity index (χ4n) is 1.63. The summed E-state index contributed by atoms with van der Waals surface area (Å²) in [6.45, 7) is 2.71. The van der Waals surface area contributed by atoms with E-state index in [1.807, 2.05) is 36.7 Å². The Morgan fingerprint density at radius 3 is 2.67 bits per heavy atom. The molecule has 18 heavy (non-hydrogen) atoms. The zero-order valence-corrected chi connectivity index (χ0v) is 11.7. The van der Waals surface area contributed by atoms with Gasteiger partial charge in [-0.3, -0.25) is 4.98 Å². The molecule has 0 aliphatic rings. The molecule has 1 aromatic carbocycles. The van der Waals surface area contributed by atoms with Crippen LogP contribution in [0.15, 0.2) is 53.3 Å². The van der Waals surface area contributed by atoms with Crippen molar-refractivity contribution in [2.45, 2.75) is 6.54 Å². The molecule has 2 aromatic rings. The van der Waals surface area contributed by atoms with Crippen molar-refractivity contribution in [3.05, 3.63) is 58.8 Å². The second kappa shape index (κ2) is 7.13. The molecule has 0 aliphatic carbocycles. The van der Waals surface area contributed by atoms with Crippen LogP contribution in [-0.2, 0) is 6.54 Å². The molecule has 0 radical (unpaired) electrons. The van der Waals surface area contributed by atoms with Crippen LogP contribution in [0.5, 0.6) is 0 Å². The summed E-state index contributed by atoms with van der Waals surface area (Å²) in [7, 11) is 0. The maximum absolute atomic E-state index is 3.99. The first-order valence-electron chi connectivity index (χ1n) is 5.93. The molecule has 0 fully saturated rings. The quantitative estimate of drug-likeness (QED) is 0.806. The first-order chi connectivity index (χ1) is 8.84. The highest BCUT2D eigenvalue weighted by atomic mass is 79.9. The average Bonchev–Trinajstić information content (AvgIpc) is 2.40. The average molecular weight is 306 g/mol. The van der Waals surface area contributed by atoms with E-state index < -0.39 is 0 Å². The van der Waals surface area contributed by atoms with Gasteiger partial charge in [-0.05, 0) is 35.9 Å². The van der Waals surface area contributed by atoms with Crippen LogP contribution >= 0.6 is 15.9 Å². The van der Waals surface area contributed by atoms with Gasteiger partial charge in [0.05, 0.1) is 0 Å². The lowest BCUT2D eigenvalue weighted by Crippen LogP contribution is -2.21. The van der Waals surface area contributed by atoms with Crippen molar-refractivity contribution >= 4 is 21.6 Å². The number of halogens is 1. The Kier molecular flexibility index (Phi) is 5.17. The molecule has 0 amide bonds. The number of nitrogens with zero attached hydrogens (tertiary/aromatic N) is 1. The van der Waals surface area contributed by atoms with Crippen LogP contribution in [0, 0.1) is 0 Å². The Bertz CT molecular complexity index is 473. The van der Waals surface area contributed by atoms with Crippen LogP contribution in [0.3, 0.4) is 0 Å². The lowest BCUT2D eigenvalue weighted by molar-refractivity contribution is 0.706. The third kappa shape index (κ3) is 4.47. The maximum atomic E-state index is 3.99. The van der Waals surface area contributed by atoms with E-state index in [1.165, 1.54) is 5.56 Å². The minimum absolute atomic E-state index is 0.878. The Morgan fingerprint density at radius 1 is 1.06 bits per heavy atom. The molecule has 3 nitrogen and oxygen atoms in total.